The van der Waals surface area contributed by atoms with E-state index < -0.39 is 37.3 Å². The van der Waals surface area contributed by atoms with Gasteiger partial charge in [0.05, 0.1) is 26.5 Å². The number of aliphatic hydroxyl groups excluding tert-OH is 4. The Morgan fingerprint density at radius 1 is 0.892 bits per heavy atom. The number of hydrogen-bond acceptors (Lipinski definition) is 9. The Morgan fingerprint density at radius 2 is 1.49 bits per heavy atom. The summed E-state index contributed by atoms with van der Waals surface area (Å²) in [5, 5.41) is 45.3. The van der Waals surface area contributed by atoms with Crippen molar-refractivity contribution in [2.24, 2.45) is 0 Å². The summed E-state index contributed by atoms with van der Waals surface area (Å²) in [7, 11) is 3.21. The SMILES string of the molecule is COc1ccc(Cc2c(O[C@@H]3O[C@H](CO)[C@@H](O)[C@H](O)[C@H]3O)nn(C(C)C)c2-c2ccc(OC)cc2)cc1. The molecular formula is C27H34N2O8. The summed E-state index contributed by atoms with van der Waals surface area (Å²) in [5.74, 6) is 1.66. The summed E-state index contributed by atoms with van der Waals surface area (Å²) in [6.45, 7) is 3.44. The predicted molar refractivity (Wildman–Crippen MR) is 135 cm³/mol. The molecule has 200 valence electrons. The zero-order chi connectivity index (χ0) is 26.7. The fourth-order valence-electron chi connectivity index (χ4n) is 4.35. The van der Waals surface area contributed by atoms with Gasteiger partial charge in [-0.05, 0) is 55.8 Å². The Balaban J connectivity index is 1.80. The van der Waals surface area contributed by atoms with E-state index >= 15 is 0 Å². The van der Waals surface area contributed by atoms with Crippen LogP contribution in [-0.2, 0) is 11.2 Å². The molecule has 2 heterocycles. The van der Waals surface area contributed by atoms with E-state index in [2.05, 4.69) is 0 Å². The van der Waals surface area contributed by atoms with E-state index in [0.717, 1.165) is 28.1 Å². The molecule has 2 aromatic carbocycles. The predicted octanol–water partition coefficient (Wildman–Crippen LogP) is 1.92. The molecule has 37 heavy (non-hydrogen) atoms. The zero-order valence-corrected chi connectivity index (χ0v) is 21.3. The van der Waals surface area contributed by atoms with E-state index in [1.807, 2.05) is 67.1 Å². The van der Waals surface area contributed by atoms with E-state index in [1.54, 1.807) is 14.2 Å². The Bertz CT molecular complexity index is 1160. The molecule has 0 amide bonds. The van der Waals surface area contributed by atoms with E-state index in [1.165, 1.54) is 0 Å². The number of nitrogens with zero attached hydrogens (tertiary/aromatic N) is 2. The number of methoxy groups -OCH3 is 2. The van der Waals surface area contributed by atoms with Crippen molar-refractivity contribution in [2.45, 2.75) is 57.0 Å². The van der Waals surface area contributed by atoms with Crippen molar-refractivity contribution in [1.82, 2.24) is 9.78 Å². The first-order valence-corrected chi connectivity index (χ1v) is 12.1. The third-order valence-corrected chi connectivity index (χ3v) is 6.44. The van der Waals surface area contributed by atoms with Crippen LogP contribution in [0.25, 0.3) is 11.3 Å². The van der Waals surface area contributed by atoms with E-state index in [0.29, 0.717) is 12.2 Å². The van der Waals surface area contributed by atoms with Gasteiger partial charge in [0.25, 0.3) is 0 Å². The minimum Gasteiger partial charge on any atom is -0.497 e. The average Bonchev–Trinajstić information content (AvgIpc) is 3.27. The number of ether oxygens (including phenoxy) is 4. The monoisotopic (exact) mass is 514 g/mol. The number of aliphatic hydroxyl groups is 4. The van der Waals surface area contributed by atoms with Crippen LogP contribution < -0.4 is 14.2 Å². The number of aromatic nitrogens is 2. The Labute approximate surface area is 215 Å². The zero-order valence-electron chi connectivity index (χ0n) is 21.3. The largest absolute Gasteiger partial charge is 0.497 e. The Kier molecular flexibility index (Phi) is 8.35. The lowest BCUT2D eigenvalue weighted by Crippen LogP contribution is -2.60. The molecule has 1 aromatic heterocycles. The lowest BCUT2D eigenvalue weighted by atomic mass is 9.99. The summed E-state index contributed by atoms with van der Waals surface area (Å²) in [6.07, 6.45) is -6.62. The smallest absolute Gasteiger partial charge is 0.239 e. The lowest BCUT2D eigenvalue weighted by Gasteiger charge is -2.39. The van der Waals surface area contributed by atoms with Gasteiger partial charge >= 0.3 is 0 Å². The molecule has 3 aromatic rings. The molecule has 1 saturated heterocycles. The van der Waals surface area contributed by atoms with Crippen molar-refractivity contribution in [1.29, 1.82) is 0 Å². The fourth-order valence-corrected chi connectivity index (χ4v) is 4.35. The molecule has 4 rings (SSSR count). The molecule has 5 atom stereocenters. The fraction of sp³-hybridized carbons (Fsp3) is 0.444. The topological polar surface area (TPSA) is 136 Å². The lowest BCUT2D eigenvalue weighted by molar-refractivity contribution is -0.278. The van der Waals surface area contributed by atoms with Gasteiger partial charge in [0.2, 0.25) is 12.2 Å². The normalized spacial score (nSPS) is 23.8. The van der Waals surface area contributed by atoms with Gasteiger partial charge in [0.15, 0.2) is 0 Å². The van der Waals surface area contributed by atoms with Gasteiger partial charge in [-0.3, -0.25) is 4.68 Å². The van der Waals surface area contributed by atoms with Crippen LogP contribution in [0, 0.1) is 0 Å². The minimum absolute atomic E-state index is 0.0427. The molecule has 1 fully saturated rings. The molecule has 0 bridgehead atoms. The summed E-state index contributed by atoms with van der Waals surface area (Å²) < 4.78 is 24.1. The first-order valence-electron chi connectivity index (χ1n) is 12.1. The molecule has 10 nitrogen and oxygen atoms in total. The van der Waals surface area contributed by atoms with E-state index in [-0.39, 0.29) is 11.9 Å². The average molecular weight is 515 g/mol. The van der Waals surface area contributed by atoms with Crippen molar-refractivity contribution < 1.29 is 39.4 Å². The summed E-state index contributed by atoms with van der Waals surface area (Å²) >= 11 is 0. The van der Waals surface area contributed by atoms with Crippen LogP contribution in [-0.4, -0.2) is 81.7 Å². The number of benzene rings is 2. The molecule has 0 aliphatic carbocycles. The molecule has 0 saturated carbocycles. The van der Waals surface area contributed by atoms with Crippen LogP contribution in [0.2, 0.25) is 0 Å². The molecular weight excluding hydrogens is 480 g/mol. The van der Waals surface area contributed by atoms with Crippen molar-refractivity contribution in [3.05, 3.63) is 59.7 Å². The molecule has 4 N–H and O–H groups in total. The highest BCUT2D eigenvalue weighted by molar-refractivity contribution is 5.68. The Morgan fingerprint density at radius 3 is 2.03 bits per heavy atom. The maximum atomic E-state index is 10.6. The van der Waals surface area contributed by atoms with Gasteiger partial charge in [-0.2, -0.15) is 0 Å². The second kappa shape index (κ2) is 11.5. The van der Waals surface area contributed by atoms with Gasteiger partial charge in [-0.15, -0.1) is 5.10 Å². The van der Waals surface area contributed by atoms with E-state index in [4.69, 9.17) is 24.0 Å². The third kappa shape index (κ3) is 5.58. The van der Waals surface area contributed by atoms with Gasteiger partial charge in [0.1, 0.15) is 35.9 Å². The van der Waals surface area contributed by atoms with Gasteiger partial charge in [-0.25, -0.2) is 0 Å². The van der Waals surface area contributed by atoms with Crippen molar-refractivity contribution >= 4 is 0 Å². The summed E-state index contributed by atoms with van der Waals surface area (Å²) in [4.78, 5) is 0. The molecule has 10 heteroatoms. The second-order valence-corrected chi connectivity index (χ2v) is 9.24. The first-order chi connectivity index (χ1) is 17.8. The maximum Gasteiger partial charge on any atom is 0.239 e. The van der Waals surface area contributed by atoms with Crippen LogP contribution in [0.3, 0.4) is 0 Å². The third-order valence-electron chi connectivity index (χ3n) is 6.44. The maximum absolute atomic E-state index is 10.6. The van der Waals surface area contributed by atoms with Gasteiger partial charge < -0.3 is 39.4 Å². The molecule has 0 spiro atoms. The van der Waals surface area contributed by atoms with Crippen LogP contribution in [0.5, 0.6) is 17.4 Å². The van der Waals surface area contributed by atoms with Crippen LogP contribution in [0.4, 0.5) is 0 Å². The number of hydrogen-bond donors (Lipinski definition) is 4. The molecule has 1 aliphatic heterocycles. The summed E-state index contributed by atoms with van der Waals surface area (Å²) in [5.41, 5.74) is 3.40. The van der Waals surface area contributed by atoms with Crippen molar-refractivity contribution in [2.75, 3.05) is 20.8 Å². The quantitative estimate of drug-likeness (QED) is 0.338. The summed E-state index contributed by atoms with van der Waals surface area (Å²) in [6, 6.07) is 15.2. The highest BCUT2D eigenvalue weighted by Gasteiger charge is 2.45. The molecule has 0 unspecified atom stereocenters. The van der Waals surface area contributed by atoms with Crippen LogP contribution in [0.15, 0.2) is 48.5 Å². The van der Waals surface area contributed by atoms with Gasteiger partial charge in [0, 0.05) is 23.6 Å². The minimum atomic E-state index is -1.56. The first kappa shape index (κ1) is 26.9. The Hall–Kier alpha value is -3.15. The second-order valence-electron chi connectivity index (χ2n) is 9.24. The van der Waals surface area contributed by atoms with Crippen molar-refractivity contribution in [3.63, 3.8) is 0 Å². The highest BCUT2D eigenvalue weighted by atomic mass is 16.7. The van der Waals surface area contributed by atoms with Crippen LogP contribution in [0.1, 0.15) is 31.0 Å². The number of rotatable bonds is 9. The molecule has 0 radical (unpaired) electrons. The highest BCUT2D eigenvalue weighted by Crippen LogP contribution is 2.37. The molecule has 1 aliphatic rings. The van der Waals surface area contributed by atoms with E-state index in [9.17, 15) is 20.4 Å². The van der Waals surface area contributed by atoms with Gasteiger partial charge in [-0.1, -0.05) is 12.1 Å². The standard InChI is InChI=1S/C27H34N2O8/c1-15(2)29-22(17-7-11-19(35-4)12-8-17)20(13-16-5-9-18(34-3)10-6-16)26(28-29)37-27-25(33)24(32)23(31)21(14-30)36-27/h5-12,15,21,23-25,27,30-33H,13-14H2,1-4H3/t21-,23-,24+,25-,27+/m1/s1. The van der Waals surface area contributed by atoms with Crippen molar-refractivity contribution in [3.8, 4) is 28.6 Å². The van der Waals surface area contributed by atoms with Crippen LogP contribution >= 0.6 is 0 Å².